The molecule has 8 heteroatoms. The summed E-state index contributed by atoms with van der Waals surface area (Å²) in [7, 11) is -3.64. The van der Waals surface area contributed by atoms with Crippen LogP contribution in [0.15, 0.2) is 47.4 Å². The van der Waals surface area contributed by atoms with E-state index in [4.69, 9.17) is 4.74 Å². The highest BCUT2D eigenvalue weighted by Gasteiger charge is 2.39. The third-order valence-corrected chi connectivity index (χ3v) is 7.56. The highest BCUT2D eigenvalue weighted by Crippen LogP contribution is 2.39. The summed E-state index contributed by atoms with van der Waals surface area (Å²) in [5, 5.41) is 2.73. The fraction of sp³-hybridized carbons (Fsp3) is 0.417. The summed E-state index contributed by atoms with van der Waals surface area (Å²) in [6.45, 7) is 4.30. The lowest BCUT2D eigenvalue weighted by molar-refractivity contribution is -0.120. The molecule has 2 aromatic carbocycles. The topological polar surface area (TPSA) is 92.8 Å². The monoisotopic (exact) mass is 456 g/mol. The van der Waals surface area contributed by atoms with Crippen LogP contribution >= 0.6 is 0 Å². The van der Waals surface area contributed by atoms with Gasteiger partial charge in [0.05, 0.1) is 22.9 Å². The zero-order chi connectivity index (χ0) is 22.9. The Hall–Kier alpha value is -2.87. The highest BCUT2D eigenvalue weighted by atomic mass is 32.2. The van der Waals surface area contributed by atoms with Crippen molar-refractivity contribution in [1.82, 2.24) is 0 Å². The van der Waals surface area contributed by atoms with E-state index in [9.17, 15) is 18.0 Å². The molecule has 1 fully saturated rings. The predicted molar refractivity (Wildman–Crippen MR) is 123 cm³/mol. The Balaban J connectivity index is 1.43. The Kier molecular flexibility index (Phi) is 6.24. The SMILES string of the molecule is CCOc1ccccc1NC(=O)CCS(=O)(=O)c1ccc2c(c1)C[C@H](C)N2C(=O)C1CC1. The van der Waals surface area contributed by atoms with Gasteiger partial charge in [0.1, 0.15) is 5.75 Å². The van der Waals surface area contributed by atoms with Crippen molar-refractivity contribution in [3.8, 4) is 5.75 Å². The molecule has 2 amide bonds. The first-order valence-electron chi connectivity index (χ1n) is 11.0. The number of para-hydroxylation sites is 2. The molecule has 1 atom stereocenters. The highest BCUT2D eigenvalue weighted by molar-refractivity contribution is 7.91. The molecule has 7 nitrogen and oxygen atoms in total. The number of nitrogens with one attached hydrogen (secondary N) is 1. The van der Waals surface area contributed by atoms with Gasteiger partial charge in [0, 0.05) is 24.1 Å². The summed E-state index contributed by atoms with van der Waals surface area (Å²) in [4.78, 5) is 27.0. The van der Waals surface area contributed by atoms with Crippen LogP contribution in [0.25, 0.3) is 0 Å². The van der Waals surface area contributed by atoms with Gasteiger partial charge >= 0.3 is 0 Å². The van der Waals surface area contributed by atoms with Gasteiger partial charge in [-0.1, -0.05) is 12.1 Å². The number of carbonyl (C=O) groups is 2. The standard InChI is InChI=1S/C24H28N2O5S/c1-3-31-22-7-5-4-6-20(22)25-23(27)12-13-32(29,30)19-10-11-21-18(15-19)14-16(2)26(21)24(28)17-8-9-17/h4-7,10-11,15-17H,3,8-9,12-14H2,1-2H3,(H,25,27)/t16-/m0/s1. The third-order valence-electron chi connectivity index (χ3n) is 5.85. The van der Waals surface area contributed by atoms with Gasteiger partial charge in [-0.2, -0.15) is 0 Å². The molecular formula is C24H28N2O5S. The molecule has 4 rings (SSSR count). The van der Waals surface area contributed by atoms with Crippen LogP contribution in [0.2, 0.25) is 0 Å². The molecule has 1 aliphatic heterocycles. The summed E-state index contributed by atoms with van der Waals surface area (Å²) < 4.78 is 31.3. The van der Waals surface area contributed by atoms with Gasteiger partial charge in [0.15, 0.2) is 9.84 Å². The maximum atomic E-state index is 12.9. The van der Waals surface area contributed by atoms with Crippen LogP contribution in [-0.2, 0) is 25.8 Å². The normalized spacial score (nSPS) is 17.7. The number of ether oxygens (including phenoxy) is 1. The quantitative estimate of drug-likeness (QED) is 0.656. The molecule has 0 aromatic heterocycles. The average molecular weight is 457 g/mol. The van der Waals surface area contributed by atoms with Crippen molar-refractivity contribution in [3.63, 3.8) is 0 Å². The first-order chi connectivity index (χ1) is 15.3. The number of hydrogen-bond acceptors (Lipinski definition) is 5. The van der Waals surface area contributed by atoms with Gasteiger partial charge in [-0.05, 0) is 69.0 Å². The van der Waals surface area contributed by atoms with Crippen molar-refractivity contribution in [1.29, 1.82) is 0 Å². The molecule has 32 heavy (non-hydrogen) atoms. The molecular weight excluding hydrogens is 428 g/mol. The van der Waals surface area contributed by atoms with Gasteiger partial charge in [-0.3, -0.25) is 9.59 Å². The molecule has 1 aliphatic carbocycles. The van der Waals surface area contributed by atoms with Crippen LogP contribution in [0.3, 0.4) is 0 Å². The number of amides is 2. The van der Waals surface area contributed by atoms with Crippen LogP contribution in [0.1, 0.15) is 38.7 Å². The van der Waals surface area contributed by atoms with Crippen molar-refractivity contribution in [2.75, 3.05) is 22.6 Å². The Morgan fingerprint density at radius 3 is 2.62 bits per heavy atom. The minimum Gasteiger partial charge on any atom is -0.492 e. The molecule has 0 saturated heterocycles. The van der Waals surface area contributed by atoms with Crippen molar-refractivity contribution in [2.24, 2.45) is 5.92 Å². The lowest BCUT2D eigenvalue weighted by atomic mass is 10.1. The summed E-state index contributed by atoms with van der Waals surface area (Å²) >= 11 is 0. The number of anilines is 2. The van der Waals surface area contributed by atoms with E-state index in [1.165, 1.54) is 0 Å². The zero-order valence-corrected chi connectivity index (χ0v) is 19.2. The Bertz CT molecular complexity index is 1140. The second-order valence-corrected chi connectivity index (χ2v) is 10.5. The maximum Gasteiger partial charge on any atom is 0.230 e. The van der Waals surface area contributed by atoms with E-state index < -0.39 is 15.7 Å². The van der Waals surface area contributed by atoms with Gasteiger partial charge in [0.2, 0.25) is 11.8 Å². The second-order valence-electron chi connectivity index (χ2n) is 8.37. The summed E-state index contributed by atoms with van der Waals surface area (Å²) in [5.74, 6) is 0.101. The van der Waals surface area contributed by atoms with Crippen LogP contribution in [-0.4, -0.2) is 38.6 Å². The second kappa shape index (κ2) is 8.94. The molecule has 0 bridgehead atoms. The molecule has 1 N–H and O–H groups in total. The molecule has 170 valence electrons. The number of rotatable bonds is 8. The average Bonchev–Trinajstić information content (AvgIpc) is 3.55. The van der Waals surface area contributed by atoms with E-state index in [1.54, 1.807) is 42.5 Å². The molecule has 0 unspecified atom stereocenters. The van der Waals surface area contributed by atoms with Gasteiger partial charge < -0.3 is 15.0 Å². The lowest BCUT2D eigenvalue weighted by Gasteiger charge is -2.22. The first kappa shape index (κ1) is 22.3. The fourth-order valence-corrected chi connectivity index (χ4v) is 5.36. The van der Waals surface area contributed by atoms with E-state index in [2.05, 4.69) is 5.32 Å². The summed E-state index contributed by atoms with van der Waals surface area (Å²) in [6, 6.07) is 12.0. The van der Waals surface area contributed by atoms with E-state index >= 15 is 0 Å². The molecule has 1 heterocycles. The maximum absolute atomic E-state index is 12.9. The van der Waals surface area contributed by atoms with Crippen molar-refractivity contribution in [2.45, 2.75) is 50.5 Å². The lowest BCUT2D eigenvalue weighted by Crippen LogP contribution is -2.36. The van der Waals surface area contributed by atoms with Crippen LogP contribution in [0.4, 0.5) is 11.4 Å². The minimum absolute atomic E-state index is 0.0206. The number of benzene rings is 2. The number of carbonyl (C=O) groups excluding carboxylic acids is 2. The molecule has 2 aromatic rings. The number of hydrogen-bond donors (Lipinski definition) is 1. The van der Waals surface area contributed by atoms with Crippen LogP contribution in [0, 0.1) is 5.92 Å². The number of sulfone groups is 1. The fourth-order valence-electron chi connectivity index (χ4n) is 4.07. The summed E-state index contributed by atoms with van der Waals surface area (Å²) in [5.41, 5.74) is 2.19. The Labute approximate surface area is 188 Å². The number of fused-ring (bicyclic) bond motifs is 1. The summed E-state index contributed by atoms with van der Waals surface area (Å²) in [6.07, 6.45) is 2.33. The van der Waals surface area contributed by atoms with Gasteiger partial charge in [0.25, 0.3) is 0 Å². The van der Waals surface area contributed by atoms with E-state index in [0.29, 0.717) is 24.5 Å². The molecule has 0 spiro atoms. The van der Waals surface area contributed by atoms with Gasteiger partial charge in [-0.25, -0.2) is 8.42 Å². The molecule has 1 saturated carbocycles. The molecule has 0 radical (unpaired) electrons. The van der Waals surface area contributed by atoms with Crippen LogP contribution in [0.5, 0.6) is 5.75 Å². The van der Waals surface area contributed by atoms with E-state index in [0.717, 1.165) is 24.1 Å². The van der Waals surface area contributed by atoms with E-state index in [1.807, 2.05) is 18.7 Å². The van der Waals surface area contributed by atoms with E-state index in [-0.39, 0.29) is 34.9 Å². The van der Waals surface area contributed by atoms with Crippen molar-refractivity contribution >= 4 is 33.0 Å². The Morgan fingerprint density at radius 2 is 1.91 bits per heavy atom. The molecule has 2 aliphatic rings. The van der Waals surface area contributed by atoms with Crippen molar-refractivity contribution < 1.29 is 22.7 Å². The first-order valence-corrected chi connectivity index (χ1v) is 12.7. The predicted octanol–water partition coefficient (Wildman–Crippen LogP) is 3.58. The number of nitrogens with zero attached hydrogens (tertiary/aromatic N) is 1. The van der Waals surface area contributed by atoms with Gasteiger partial charge in [-0.15, -0.1) is 0 Å². The van der Waals surface area contributed by atoms with Crippen LogP contribution < -0.4 is 15.0 Å². The third kappa shape index (κ3) is 4.65. The minimum atomic E-state index is -3.64. The smallest absolute Gasteiger partial charge is 0.230 e. The largest absolute Gasteiger partial charge is 0.492 e. The zero-order valence-electron chi connectivity index (χ0n) is 18.3. The Morgan fingerprint density at radius 1 is 1.16 bits per heavy atom. The van der Waals surface area contributed by atoms with Crippen molar-refractivity contribution in [3.05, 3.63) is 48.0 Å².